The molecule has 2 aromatic carbocycles. The van der Waals surface area contributed by atoms with Gasteiger partial charge in [0.05, 0.1) is 12.2 Å². The predicted molar refractivity (Wildman–Crippen MR) is 99.7 cm³/mol. The van der Waals surface area contributed by atoms with E-state index in [4.69, 9.17) is 14.9 Å². The van der Waals surface area contributed by atoms with Crippen molar-refractivity contribution in [2.75, 3.05) is 18.5 Å². The number of hydrogen-bond donors (Lipinski definition) is 3. The van der Waals surface area contributed by atoms with E-state index >= 15 is 0 Å². The highest BCUT2D eigenvalue weighted by Crippen LogP contribution is 2.14. The number of benzene rings is 2. The number of aliphatic carboxylic acids is 1. The zero-order valence-corrected chi connectivity index (χ0v) is 14.4. The Bertz CT molecular complexity index is 779. The molecule has 0 spiro atoms. The molecule has 0 radical (unpaired) electrons. The number of hydrogen-bond acceptors (Lipinski definition) is 4. The van der Waals surface area contributed by atoms with Crippen molar-refractivity contribution in [2.45, 2.75) is 13.3 Å². The highest BCUT2D eigenvalue weighted by molar-refractivity contribution is 5.91. The molecule has 0 saturated heterocycles. The molecular formula is C20H21NO5. The maximum absolute atomic E-state index is 10.8. The van der Waals surface area contributed by atoms with Gasteiger partial charge in [-0.3, -0.25) is 0 Å². The van der Waals surface area contributed by atoms with Gasteiger partial charge in [0, 0.05) is 17.8 Å². The second-order valence-corrected chi connectivity index (χ2v) is 5.71. The number of carboxylic acids is 2. The van der Waals surface area contributed by atoms with E-state index in [9.17, 15) is 9.59 Å². The molecule has 6 heteroatoms. The molecule has 0 aromatic heterocycles. The van der Waals surface area contributed by atoms with E-state index in [1.165, 1.54) is 12.1 Å². The van der Waals surface area contributed by atoms with E-state index in [2.05, 4.69) is 5.32 Å². The number of rotatable bonds is 9. The van der Waals surface area contributed by atoms with E-state index in [1.54, 1.807) is 25.1 Å². The van der Waals surface area contributed by atoms with Gasteiger partial charge in [-0.25, -0.2) is 9.59 Å². The normalized spacial score (nSPS) is 11.0. The predicted octanol–water partition coefficient (Wildman–Crippen LogP) is 3.75. The zero-order chi connectivity index (χ0) is 18.9. The number of ether oxygens (including phenoxy) is 1. The van der Waals surface area contributed by atoms with Crippen LogP contribution in [0.25, 0.3) is 6.08 Å². The highest BCUT2D eigenvalue weighted by Gasteiger charge is 2.02. The molecule has 136 valence electrons. The van der Waals surface area contributed by atoms with Crippen LogP contribution >= 0.6 is 0 Å². The molecule has 26 heavy (non-hydrogen) atoms. The lowest BCUT2D eigenvalue weighted by Gasteiger charge is -2.09. The summed E-state index contributed by atoms with van der Waals surface area (Å²) < 4.78 is 5.57. The fourth-order valence-corrected chi connectivity index (χ4v) is 2.20. The summed E-state index contributed by atoms with van der Waals surface area (Å²) in [4.78, 5) is 21.6. The Morgan fingerprint density at radius 2 is 1.69 bits per heavy atom. The van der Waals surface area contributed by atoms with Gasteiger partial charge < -0.3 is 20.3 Å². The molecule has 0 fully saturated rings. The van der Waals surface area contributed by atoms with Crippen molar-refractivity contribution in [3.8, 4) is 5.75 Å². The molecule has 0 aliphatic heterocycles. The summed E-state index contributed by atoms with van der Waals surface area (Å²) in [7, 11) is 0. The molecule has 0 heterocycles. The lowest BCUT2D eigenvalue weighted by molar-refractivity contribution is -0.132. The summed E-state index contributed by atoms with van der Waals surface area (Å²) in [5, 5.41) is 21.0. The van der Waals surface area contributed by atoms with Crippen LogP contribution in [0.3, 0.4) is 0 Å². The number of nitrogens with one attached hydrogen (secondary N) is 1. The van der Waals surface area contributed by atoms with Gasteiger partial charge >= 0.3 is 11.9 Å². The molecule has 0 aliphatic carbocycles. The Labute approximate surface area is 151 Å². The molecule has 0 amide bonds. The summed E-state index contributed by atoms with van der Waals surface area (Å²) in [5.74, 6) is -1.25. The largest absolute Gasteiger partial charge is 0.494 e. The first-order valence-electron chi connectivity index (χ1n) is 8.17. The smallest absolute Gasteiger partial charge is 0.335 e. The van der Waals surface area contributed by atoms with Gasteiger partial charge in [-0.1, -0.05) is 12.1 Å². The second-order valence-electron chi connectivity index (χ2n) is 5.71. The van der Waals surface area contributed by atoms with Crippen LogP contribution < -0.4 is 10.1 Å². The van der Waals surface area contributed by atoms with Crippen LogP contribution in [0.15, 0.2) is 54.1 Å². The molecule has 2 aromatic rings. The van der Waals surface area contributed by atoms with Crippen molar-refractivity contribution in [2.24, 2.45) is 0 Å². The van der Waals surface area contributed by atoms with Crippen LogP contribution in [-0.4, -0.2) is 35.3 Å². The van der Waals surface area contributed by atoms with Crippen LogP contribution in [0.4, 0.5) is 5.69 Å². The summed E-state index contributed by atoms with van der Waals surface area (Å²) in [6, 6.07) is 13.8. The van der Waals surface area contributed by atoms with Crippen molar-refractivity contribution >= 4 is 23.7 Å². The number of aromatic carboxylic acids is 1. The third-order valence-electron chi connectivity index (χ3n) is 3.65. The maximum Gasteiger partial charge on any atom is 0.335 e. The molecule has 0 aliphatic rings. The van der Waals surface area contributed by atoms with Gasteiger partial charge in [0.2, 0.25) is 0 Å². The maximum atomic E-state index is 10.8. The van der Waals surface area contributed by atoms with Crippen molar-refractivity contribution in [3.05, 3.63) is 65.2 Å². The fourth-order valence-electron chi connectivity index (χ4n) is 2.20. The van der Waals surface area contributed by atoms with Gasteiger partial charge in [-0.15, -0.1) is 0 Å². The Balaban J connectivity index is 1.72. The first-order valence-corrected chi connectivity index (χ1v) is 8.17. The SMILES string of the molecule is CC(=Cc1ccc(NCCCOc2ccc(C(=O)O)cc2)cc1)C(=O)O. The quantitative estimate of drug-likeness (QED) is 0.468. The third kappa shape index (κ3) is 5.98. The Morgan fingerprint density at radius 1 is 1.04 bits per heavy atom. The summed E-state index contributed by atoms with van der Waals surface area (Å²) in [6.07, 6.45) is 2.40. The van der Waals surface area contributed by atoms with Gasteiger partial charge in [0.1, 0.15) is 5.75 Å². The molecule has 2 rings (SSSR count). The van der Waals surface area contributed by atoms with Crippen molar-refractivity contribution < 1.29 is 24.5 Å². The zero-order valence-electron chi connectivity index (χ0n) is 14.4. The first kappa shape index (κ1) is 19.1. The van der Waals surface area contributed by atoms with Crippen LogP contribution in [-0.2, 0) is 4.79 Å². The van der Waals surface area contributed by atoms with Gasteiger partial charge in [-0.2, -0.15) is 0 Å². The first-order chi connectivity index (χ1) is 12.5. The molecular weight excluding hydrogens is 334 g/mol. The van der Waals surface area contributed by atoms with E-state index < -0.39 is 11.9 Å². The minimum Gasteiger partial charge on any atom is -0.494 e. The monoisotopic (exact) mass is 355 g/mol. The van der Waals surface area contributed by atoms with Gasteiger partial charge in [-0.05, 0) is 61.4 Å². The van der Waals surface area contributed by atoms with Crippen molar-refractivity contribution in [1.82, 2.24) is 0 Å². The number of carboxylic acid groups (broad SMARTS) is 2. The summed E-state index contributed by atoms with van der Waals surface area (Å²) in [6.45, 7) is 2.79. The molecule has 0 saturated carbocycles. The molecule has 0 bridgehead atoms. The van der Waals surface area contributed by atoms with Crippen LogP contribution in [0.1, 0.15) is 29.3 Å². The lowest BCUT2D eigenvalue weighted by atomic mass is 10.1. The minimum atomic E-state index is -0.958. The van der Waals surface area contributed by atoms with Crippen LogP contribution in [0.2, 0.25) is 0 Å². The van der Waals surface area contributed by atoms with Crippen molar-refractivity contribution in [3.63, 3.8) is 0 Å². The topological polar surface area (TPSA) is 95.9 Å². The Morgan fingerprint density at radius 3 is 2.27 bits per heavy atom. The lowest BCUT2D eigenvalue weighted by Crippen LogP contribution is -2.07. The van der Waals surface area contributed by atoms with Gasteiger partial charge in [0.15, 0.2) is 0 Å². The van der Waals surface area contributed by atoms with E-state index in [1.807, 2.05) is 24.3 Å². The van der Waals surface area contributed by atoms with E-state index in [0.717, 1.165) is 24.2 Å². The average molecular weight is 355 g/mol. The number of carbonyl (C=O) groups is 2. The summed E-state index contributed by atoms with van der Waals surface area (Å²) in [5.41, 5.74) is 2.31. The average Bonchev–Trinajstić information content (AvgIpc) is 2.63. The highest BCUT2D eigenvalue weighted by atomic mass is 16.5. The fraction of sp³-hybridized carbons (Fsp3) is 0.200. The number of anilines is 1. The third-order valence-corrected chi connectivity index (χ3v) is 3.65. The van der Waals surface area contributed by atoms with E-state index in [0.29, 0.717) is 17.9 Å². The van der Waals surface area contributed by atoms with Crippen LogP contribution in [0, 0.1) is 0 Å². The van der Waals surface area contributed by atoms with Gasteiger partial charge in [0.25, 0.3) is 0 Å². The standard InChI is InChI=1S/C20H21NO5/c1-14(19(22)23)13-15-3-7-17(8-4-15)21-11-2-12-26-18-9-5-16(6-10-18)20(24)25/h3-10,13,21H,2,11-12H2,1H3,(H,22,23)(H,24,25). The van der Waals surface area contributed by atoms with Crippen molar-refractivity contribution in [1.29, 1.82) is 0 Å². The Hall–Kier alpha value is -3.28. The second kappa shape index (κ2) is 9.27. The summed E-state index contributed by atoms with van der Waals surface area (Å²) >= 11 is 0. The molecule has 0 atom stereocenters. The van der Waals surface area contributed by atoms with E-state index in [-0.39, 0.29) is 5.56 Å². The molecule has 3 N–H and O–H groups in total. The minimum absolute atomic E-state index is 0.232. The Kier molecular flexibility index (Phi) is 6.79. The molecule has 0 unspecified atom stereocenters. The molecule has 6 nitrogen and oxygen atoms in total. The van der Waals surface area contributed by atoms with Crippen LogP contribution in [0.5, 0.6) is 5.75 Å².